The van der Waals surface area contributed by atoms with Gasteiger partial charge in [-0.2, -0.15) is 13.2 Å². The Labute approximate surface area is 168 Å². The highest BCUT2D eigenvalue weighted by Gasteiger charge is 2.34. The van der Waals surface area contributed by atoms with Crippen LogP contribution in [0.15, 0.2) is 65.3 Å². The molecule has 29 heavy (non-hydrogen) atoms. The SMILES string of the molecule is C=C(NCc1cccs1)c1cc(N)c2cc(-c3ccoc3)cc(C(F)(F)F)c2n1. The molecule has 0 amide bonds. The highest BCUT2D eigenvalue weighted by atomic mass is 32.1. The van der Waals surface area contributed by atoms with Gasteiger partial charge in [-0.25, -0.2) is 4.98 Å². The Bertz CT molecular complexity index is 1170. The minimum atomic E-state index is -4.60. The van der Waals surface area contributed by atoms with Crippen molar-refractivity contribution in [3.05, 3.63) is 77.0 Å². The van der Waals surface area contributed by atoms with Crippen molar-refractivity contribution < 1.29 is 17.6 Å². The largest absolute Gasteiger partial charge is 0.472 e. The quantitative estimate of drug-likeness (QED) is 0.425. The maximum Gasteiger partial charge on any atom is 0.418 e. The number of benzene rings is 1. The summed E-state index contributed by atoms with van der Waals surface area (Å²) in [6.07, 6.45) is -1.81. The van der Waals surface area contributed by atoms with E-state index in [1.807, 2.05) is 17.5 Å². The third-order valence-corrected chi connectivity index (χ3v) is 5.35. The van der Waals surface area contributed by atoms with Crippen molar-refractivity contribution in [3.8, 4) is 11.1 Å². The van der Waals surface area contributed by atoms with Gasteiger partial charge in [0.15, 0.2) is 0 Å². The van der Waals surface area contributed by atoms with Gasteiger partial charge in [0.1, 0.15) is 0 Å². The number of nitrogen functional groups attached to an aromatic ring is 1. The number of thiophene rings is 1. The third kappa shape index (κ3) is 3.84. The van der Waals surface area contributed by atoms with Crippen molar-refractivity contribution in [2.75, 3.05) is 5.73 Å². The average Bonchev–Trinajstić information content (AvgIpc) is 3.38. The number of fused-ring (bicyclic) bond motifs is 1. The minimum absolute atomic E-state index is 0.194. The number of rotatable bonds is 5. The number of nitrogens with one attached hydrogen (secondary N) is 1. The second-order valence-electron chi connectivity index (χ2n) is 6.44. The first-order valence-electron chi connectivity index (χ1n) is 8.62. The van der Waals surface area contributed by atoms with Crippen molar-refractivity contribution in [2.24, 2.45) is 0 Å². The summed E-state index contributed by atoms with van der Waals surface area (Å²) in [5, 5.41) is 5.26. The lowest BCUT2D eigenvalue weighted by Gasteiger charge is -2.16. The van der Waals surface area contributed by atoms with E-state index in [1.54, 1.807) is 23.5 Å². The fourth-order valence-corrected chi connectivity index (χ4v) is 3.66. The molecule has 1 aromatic carbocycles. The molecule has 4 aromatic rings. The minimum Gasteiger partial charge on any atom is -0.472 e. The zero-order valence-corrected chi connectivity index (χ0v) is 15.9. The van der Waals surface area contributed by atoms with Gasteiger partial charge in [-0.3, -0.25) is 0 Å². The molecule has 3 heterocycles. The molecule has 8 heteroatoms. The van der Waals surface area contributed by atoms with Gasteiger partial charge in [0, 0.05) is 28.1 Å². The van der Waals surface area contributed by atoms with Crippen LogP contribution in [0.1, 0.15) is 16.1 Å². The van der Waals surface area contributed by atoms with Gasteiger partial charge >= 0.3 is 6.18 Å². The molecule has 3 N–H and O–H groups in total. The molecule has 4 nitrogen and oxygen atoms in total. The van der Waals surface area contributed by atoms with E-state index in [4.69, 9.17) is 10.2 Å². The van der Waals surface area contributed by atoms with Gasteiger partial charge in [-0.1, -0.05) is 12.6 Å². The maximum absolute atomic E-state index is 13.8. The number of hydrogen-bond donors (Lipinski definition) is 2. The smallest absolute Gasteiger partial charge is 0.418 e. The van der Waals surface area contributed by atoms with Gasteiger partial charge in [-0.15, -0.1) is 11.3 Å². The topological polar surface area (TPSA) is 64.1 Å². The molecular formula is C21H16F3N3OS. The first kappa shape index (κ1) is 19.1. The van der Waals surface area contributed by atoms with E-state index in [9.17, 15) is 13.2 Å². The molecule has 0 aliphatic heterocycles. The predicted molar refractivity (Wildman–Crippen MR) is 109 cm³/mol. The first-order chi connectivity index (χ1) is 13.8. The van der Waals surface area contributed by atoms with Crippen LogP contribution in [0.5, 0.6) is 0 Å². The Morgan fingerprint density at radius 1 is 1.21 bits per heavy atom. The molecular weight excluding hydrogens is 399 g/mol. The summed E-state index contributed by atoms with van der Waals surface area (Å²) in [5.41, 5.74) is 6.81. The fourth-order valence-electron chi connectivity index (χ4n) is 3.02. The van der Waals surface area contributed by atoms with Crippen LogP contribution in [0.2, 0.25) is 0 Å². The molecule has 0 fully saturated rings. The molecule has 0 spiro atoms. The number of aromatic nitrogens is 1. The standard InChI is InChI=1S/C21H16F3N3OS/c1-12(26-10-15-3-2-6-29-15)19-9-18(25)16-7-14(13-4-5-28-11-13)8-17(20(16)27-19)21(22,23)24/h2-9,11,26H,1,10H2,(H2,25,27). The van der Waals surface area contributed by atoms with E-state index < -0.39 is 11.7 Å². The number of hydrogen-bond acceptors (Lipinski definition) is 5. The number of nitrogens with two attached hydrogens (primary N) is 1. The van der Waals surface area contributed by atoms with Gasteiger partial charge < -0.3 is 15.5 Å². The number of nitrogens with zero attached hydrogens (tertiary/aromatic N) is 1. The number of halogens is 3. The van der Waals surface area contributed by atoms with Crippen LogP contribution >= 0.6 is 11.3 Å². The Balaban J connectivity index is 1.79. The summed E-state index contributed by atoms with van der Waals surface area (Å²) in [7, 11) is 0. The summed E-state index contributed by atoms with van der Waals surface area (Å²) in [6.45, 7) is 4.41. The van der Waals surface area contributed by atoms with Crippen LogP contribution in [-0.4, -0.2) is 4.98 Å². The van der Waals surface area contributed by atoms with Crippen LogP contribution in [0.3, 0.4) is 0 Å². The second kappa shape index (κ2) is 7.29. The molecule has 4 rings (SSSR count). The van der Waals surface area contributed by atoms with Crippen molar-refractivity contribution >= 4 is 33.6 Å². The summed E-state index contributed by atoms with van der Waals surface area (Å²) >= 11 is 1.57. The molecule has 0 saturated heterocycles. The lowest BCUT2D eigenvalue weighted by atomic mass is 9.99. The third-order valence-electron chi connectivity index (χ3n) is 4.47. The van der Waals surface area contributed by atoms with Gasteiger partial charge in [0.2, 0.25) is 0 Å². The molecule has 3 aromatic heterocycles. The Hall–Kier alpha value is -3.26. The van der Waals surface area contributed by atoms with Crippen LogP contribution in [-0.2, 0) is 12.7 Å². The van der Waals surface area contributed by atoms with Gasteiger partial charge in [0.25, 0.3) is 0 Å². The van der Waals surface area contributed by atoms with E-state index in [-0.39, 0.29) is 22.3 Å². The van der Waals surface area contributed by atoms with Gasteiger partial charge in [0.05, 0.1) is 35.0 Å². The number of pyridine rings is 1. The van der Waals surface area contributed by atoms with E-state index >= 15 is 0 Å². The summed E-state index contributed by atoms with van der Waals surface area (Å²) in [4.78, 5) is 5.31. The summed E-state index contributed by atoms with van der Waals surface area (Å²) < 4.78 is 46.4. The number of furan rings is 1. The zero-order chi connectivity index (χ0) is 20.6. The average molecular weight is 415 g/mol. The number of alkyl halides is 3. The molecule has 0 radical (unpaired) electrons. The number of anilines is 1. The predicted octanol–water partition coefficient (Wildman–Crippen LogP) is 5.92. The highest BCUT2D eigenvalue weighted by Crippen LogP contribution is 2.39. The molecule has 0 aliphatic carbocycles. The second-order valence-corrected chi connectivity index (χ2v) is 7.47. The summed E-state index contributed by atoms with van der Waals surface area (Å²) in [5.74, 6) is 0. The summed E-state index contributed by atoms with van der Waals surface area (Å²) in [6, 6.07) is 9.64. The van der Waals surface area contributed by atoms with E-state index in [0.717, 1.165) is 10.9 Å². The van der Waals surface area contributed by atoms with Crippen LogP contribution < -0.4 is 11.1 Å². The molecule has 0 bridgehead atoms. The Morgan fingerprint density at radius 2 is 2.03 bits per heavy atom. The van der Waals surface area contributed by atoms with Crippen LogP contribution in [0, 0.1) is 0 Å². The lowest BCUT2D eigenvalue weighted by Crippen LogP contribution is -2.13. The van der Waals surface area contributed by atoms with Crippen molar-refractivity contribution in [1.82, 2.24) is 10.3 Å². The first-order valence-corrected chi connectivity index (χ1v) is 9.50. The molecule has 0 aliphatic rings. The molecule has 0 saturated carbocycles. The molecule has 0 unspecified atom stereocenters. The Morgan fingerprint density at radius 3 is 2.69 bits per heavy atom. The van der Waals surface area contributed by atoms with E-state index in [0.29, 0.717) is 23.4 Å². The lowest BCUT2D eigenvalue weighted by molar-refractivity contribution is -0.136. The van der Waals surface area contributed by atoms with E-state index in [1.165, 1.54) is 18.6 Å². The maximum atomic E-state index is 13.8. The molecule has 0 atom stereocenters. The van der Waals surface area contributed by atoms with Crippen molar-refractivity contribution in [1.29, 1.82) is 0 Å². The Kier molecular flexibility index (Phi) is 4.79. The normalized spacial score (nSPS) is 11.7. The van der Waals surface area contributed by atoms with Gasteiger partial charge in [-0.05, 0) is 41.3 Å². The molecule has 148 valence electrons. The van der Waals surface area contributed by atoms with Crippen molar-refractivity contribution in [2.45, 2.75) is 12.7 Å². The van der Waals surface area contributed by atoms with Crippen molar-refractivity contribution in [3.63, 3.8) is 0 Å². The highest BCUT2D eigenvalue weighted by molar-refractivity contribution is 7.09. The van der Waals surface area contributed by atoms with Crippen LogP contribution in [0.25, 0.3) is 27.7 Å². The van der Waals surface area contributed by atoms with E-state index in [2.05, 4.69) is 16.9 Å². The van der Waals surface area contributed by atoms with Crippen LogP contribution in [0.4, 0.5) is 18.9 Å². The monoisotopic (exact) mass is 415 g/mol. The fraction of sp³-hybridized carbons (Fsp3) is 0.0952. The zero-order valence-electron chi connectivity index (χ0n) is 15.1.